The third kappa shape index (κ3) is 3.97. The topological polar surface area (TPSA) is 52.6 Å². The normalized spacial score (nSPS) is 14.1. The fraction of sp³-hybridized carbons (Fsp3) is 0.562. The molecular weight excluding hydrogens is 252 g/mol. The molecule has 1 atom stereocenters. The first-order chi connectivity index (χ1) is 9.30. The molecule has 20 heavy (non-hydrogen) atoms. The van der Waals surface area contributed by atoms with Gasteiger partial charge in [0.15, 0.2) is 0 Å². The van der Waals surface area contributed by atoms with Crippen molar-refractivity contribution in [2.24, 2.45) is 0 Å². The molecule has 4 nitrogen and oxygen atoms in total. The predicted octanol–water partition coefficient (Wildman–Crippen LogP) is 2.66. The molecule has 2 N–H and O–H groups in total. The Balaban J connectivity index is 3.01. The van der Waals surface area contributed by atoms with Gasteiger partial charge in [-0.25, -0.2) is 0 Å². The van der Waals surface area contributed by atoms with Crippen molar-refractivity contribution in [3.8, 4) is 0 Å². The van der Waals surface area contributed by atoms with Crippen LogP contribution in [0.3, 0.4) is 0 Å². The number of hydrogen-bond acceptors (Lipinski definition) is 3. The first-order valence-electron chi connectivity index (χ1n) is 7.12. The van der Waals surface area contributed by atoms with Gasteiger partial charge < -0.3 is 10.0 Å². The highest BCUT2D eigenvalue weighted by atomic mass is 16.4. The van der Waals surface area contributed by atoms with Crippen LogP contribution >= 0.6 is 0 Å². The Morgan fingerprint density at radius 3 is 2.45 bits per heavy atom. The number of anilines is 1. The molecule has 1 aromatic rings. The SMILES string of the molecule is CCN(CC(C)(NC(C)C)C(=O)O)c1ccccc1C. The average molecular weight is 278 g/mol. The van der Waals surface area contributed by atoms with E-state index in [4.69, 9.17) is 0 Å². The lowest BCUT2D eigenvalue weighted by molar-refractivity contribution is -0.144. The van der Waals surface area contributed by atoms with Crippen molar-refractivity contribution in [2.45, 2.75) is 46.2 Å². The van der Waals surface area contributed by atoms with Crippen molar-refractivity contribution >= 4 is 11.7 Å². The molecule has 112 valence electrons. The van der Waals surface area contributed by atoms with Crippen LogP contribution in [-0.4, -0.2) is 35.7 Å². The fourth-order valence-corrected chi connectivity index (χ4v) is 2.48. The quantitative estimate of drug-likeness (QED) is 0.805. The molecule has 0 aliphatic rings. The van der Waals surface area contributed by atoms with Gasteiger partial charge in [-0.3, -0.25) is 10.1 Å². The summed E-state index contributed by atoms with van der Waals surface area (Å²) in [7, 11) is 0. The van der Waals surface area contributed by atoms with Crippen molar-refractivity contribution in [2.75, 3.05) is 18.0 Å². The van der Waals surface area contributed by atoms with E-state index >= 15 is 0 Å². The summed E-state index contributed by atoms with van der Waals surface area (Å²) in [6.45, 7) is 11.0. The number of hydrogen-bond donors (Lipinski definition) is 2. The van der Waals surface area contributed by atoms with Crippen molar-refractivity contribution in [1.29, 1.82) is 0 Å². The summed E-state index contributed by atoms with van der Waals surface area (Å²) >= 11 is 0. The Bertz CT molecular complexity index is 460. The minimum absolute atomic E-state index is 0.117. The van der Waals surface area contributed by atoms with E-state index in [-0.39, 0.29) is 6.04 Å². The molecule has 0 saturated carbocycles. The first kappa shape index (κ1) is 16.5. The second-order valence-corrected chi connectivity index (χ2v) is 5.74. The van der Waals surface area contributed by atoms with Gasteiger partial charge in [0.25, 0.3) is 0 Å². The molecule has 1 rings (SSSR count). The van der Waals surface area contributed by atoms with Crippen LogP contribution in [0.2, 0.25) is 0 Å². The van der Waals surface area contributed by atoms with Gasteiger partial charge in [-0.2, -0.15) is 0 Å². The number of nitrogens with zero attached hydrogens (tertiary/aromatic N) is 1. The molecule has 0 aliphatic heterocycles. The lowest BCUT2D eigenvalue weighted by atomic mass is 9.99. The molecule has 0 fully saturated rings. The number of benzene rings is 1. The highest BCUT2D eigenvalue weighted by molar-refractivity contribution is 5.79. The summed E-state index contributed by atoms with van der Waals surface area (Å²) in [5, 5.41) is 12.7. The zero-order chi connectivity index (χ0) is 15.3. The molecule has 0 saturated heterocycles. The molecule has 0 aliphatic carbocycles. The molecule has 0 heterocycles. The molecular formula is C16H26N2O2. The molecule has 4 heteroatoms. The van der Waals surface area contributed by atoms with Gasteiger partial charge in [0, 0.05) is 24.8 Å². The number of carboxylic acids is 1. The lowest BCUT2D eigenvalue weighted by Crippen LogP contribution is -2.59. The number of rotatable bonds is 7. The van der Waals surface area contributed by atoms with Crippen LogP contribution in [-0.2, 0) is 4.79 Å². The van der Waals surface area contributed by atoms with Crippen molar-refractivity contribution in [1.82, 2.24) is 5.32 Å². The summed E-state index contributed by atoms with van der Waals surface area (Å²) < 4.78 is 0. The largest absolute Gasteiger partial charge is 0.480 e. The maximum absolute atomic E-state index is 11.6. The minimum atomic E-state index is -0.966. The summed E-state index contributed by atoms with van der Waals surface area (Å²) in [6.07, 6.45) is 0. The van der Waals surface area contributed by atoms with E-state index in [0.717, 1.165) is 17.8 Å². The Hall–Kier alpha value is -1.55. The van der Waals surface area contributed by atoms with Crippen LogP contribution in [0.4, 0.5) is 5.69 Å². The molecule has 0 radical (unpaired) electrons. The number of likely N-dealkylation sites (N-methyl/N-ethyl adjacent to an activating group) is 1. The Kier molecular flexibility index (Phi) is 5.57. The van der Waals surface area contributed by atoms with E-state index in [1.165, 1.54) is 0 Å². The molecule has 1 unspecified atom stereocenters. The zero-order valence-corrected chi connectivity index (χ0v) is 13.1. The fourth-order valence-electron chi connectivity index (χ4n) is 2.48. The number of aliphatic carboxylic acids is 1. The Morgan fingerprint density at radius 1 is 1.40 bits per heavy atom. The van der Waals surface area contributed by atoms with Crippen LogP contribution in [0, 0.1) is 6.92 Å². The standard InChI is InChI=1S/C16H26N2O2/c1-6-18(14-10-8-7-9-13(14)4)11-16(5,15(19)20)17-12(2)3/h7-10,12,17H,6,11H2,1-5H3,(H,19,20). The summed E-state index contributed by atoms with van der Waals surface area (Å²) in [5.41, 5.74) is 1.28. The smallest absolute Gasteiger partial charge is 0.325 e. The van der Waals surface area contributed by atoms with Crippen LogP contribution in [0.25, 0.3) is 0 Å². The van der Waals surface area contributed by atoms with Crippen LogP contribution in [0.1, 0.15) is 33.3 Å². The molecule has 0 bridgehead atoms. The highest BCUT2D eigenvalue weighted by Gasteiger charge is 2.35. The number of carbonyl (C=O) groups is 1. The second kappa shape index (κ2) is 6.75. The van der Waals surface area contributed by atoms with E-state index in [2.05, 4.69) is 10.2 Å². The van der Waals surface area contributed by atoms with Gasteiger partial charge in [0.2, 0.25) is 0 Å². The molecule has 0 aromatic heterocycles. The van der Waals surface area contributed by atoms with E-state index in [9.17, 15) is 9.90 Å². The van der Waals surface area contributed by atoms with Gasteiger partial charge in [0.05, 0.1) is 0 Å². The van der Waals surface area contributed by atoms with Gasteiger partial charge in [-0.05, 0) is 46.2 Å². The summed E-state index contributed by atoms with van der Waals surface area (Å²) in [6, 6.07) is 8.18. The van der Waals surface area contributed by atoms with Crippen LogP contribution < -0.4 is 10.2 Å². The first-order valence-corrected chi connectivity index (χ1v) is 7.12. The van der Waals surface area contributed by atoms with Gasteiger partial charge in [0.1, 0.15) is 5.54 Å². The molecule has 0 amide bonds. The van der Waals surface area contributed by atoms with E-state index in [1.807, 2.05) is 52.0 Å². The van der Waals surface area contributed by atoms with E-state index < -0.39 is 11.5 Å². The summed E-state index contributed by atoms with van der Waals surface area (Å²) in [4.78, 5) is 13.7. The average Bonchev–Trinajstić information content (AvgIpc) is 2.36. The van der Waals surface area contributed by atoms with E-state index in [0.29, 0.717) is 6.54 Å². The third-order valence-electron chi connectivity index (χ3n) is 3.42. The number of carboxylic acid groups (broad SMARTS) is 1. The van der Waals surface area contributed by atoms with Gasteiger partial charge >= 0.3 is 5.97 Å². The van der Waals surface area contributed by atoms with Crippen molar-refractivity contribution in [3.05, 3.63) is 29.8 Å². The lowest BCUT2D eigenvalue weighted by Gasteiger charge is -2.36. The second-order valence-electron chi connectivity index (χ2n) is 5.74. The van der Waals surface area contributed by atoms with E-state index in [1.54, 1.807) is 6.92 Å². The van der Waals surface area contributed by atoms with Gasteiger partial charge in [-0.15, -0.1) is 0 Å². The maximum atomic E-state index is 11.6. The Labute approximate surface area is 121 Å². The Morgan fingerprint density at radius 2 is 2.00 bits per heavy atom. The van der Waals surface area contributed by atoms with Crippen molar-refractivity contribution < 1.29 is 9.90 Å². The van der Waals surface area contributed by atoms with Crippen LogP contribution in [0.5, 0.6) is 0 Å². The predicted molar refractivity (Wildman–Crippen MR) is 83.4 cm³/mol. The molecule has 1 aromatic carbocycles. The highest BCUT2D eigenvalue weighted by Crippen LogP contribution is 2.21. The monoisotopic (exact) mass is 278 g/mol. The number of nitrogens with one attached hydrogen (secondary N) is 1. The van der Waals surface area contributed by atoms with Gasteiger partial charge in [-0.1, -0.05) is 18.2 Å². The van der Waals surface area contributed by atoms with Crippen LogP contribution in [0.15, 0.2) is 24.3 Å². The zero-order valence-electron chi connectivity index (χ0n) is 13.1. The number of aryl methyl sites for hydroxylation is 1. The molecule has 0 spiro atoms. The van der Waals surface area contributed by atoms with Crippen molar-refractivity contribution in [3.63, 3.8) is 0 Å². The maximum Gasteiger partial charge on any atom is 0.325 e. The minimum Gasteiger partial charge on any atom is -0.480 e. The third-order valence-corrected chi connectivity index (χ3v) is 3.42. The summed E-state index contributed by atoms with van der Waals surface area (Å²) in [5.74, 6) is -0.821. The number of para-hydroxylation sites is 1.